The van der Waals surface area contributed by atoms with Crippen LogP contribution in [0.1, 0.15) is 5.56 Å². The summed E-state index contributed by atoms with van der Waals surface area (Å²) >= 11 is 0. The van der Waals surface area contributed by atoms with Gasteiger partial charge in [0.1, 0.15) is 6.33 Å². The molecule has 0 aliphatic carbocycles. The second-order valence-electron chi connectivity index (χ2n) is 5.85. The maximum Gasteiger partial charge on any atom is 0.281 e. The Kier molecular flexibility index (Phi) is 4.26. The van der Waals surface area contributed by atoms with E-state index in [0.717, 1.165) is 31.9 Å². The van der Waals surface area contributed by atoms with Crippen molar-refractivity contribution in [2.24, 2.45) is 5.10 Å². The molecule has 25 heavy (non-hydrogen) atoms. The van der Waals surface area contributed by atoms with Crippen molar-refractivity contribution in [1.82, 2.24) is 9.66 Å². The van der Waals surface area contributed by atoms with Crippen molar-refractivity contribution in [2.75, 3.05) is 31.2 Å². The minimum Gasteiger partial charge on any atom is -0.378 e. The molecule has 0 spiro atoms. The number of hydrogen-bond donors (Lipinski definition) is 0. The highest BCUT2D eigenvalue weighted by molar-refractivity contribution is 5.81. The van der Waals surface area contributed by atoms with Gasteiger partial charge in [-0.15, -0.1) is 0 Å². The standard InChI is InChI=1S/C19H18N4O2/c24-19-17-3-1-2-4-18(17)20-14-23(19)21-13-15-5-7-16(8-6-15)22-9-11-25-12-10-22/h1-8,13-14H,9-12H2/b21-13+. The van der Waals surface area contributed by atoms with Gasteiger partial charge in [0.2, 0.25) is 0 Å². The van der Waals surface area contributed by atoms with Crippen molar-refractivity contribution < 1.29 is 4.74 Å². The summed E-state index contributed by atoms with van der Waals surface area (Å²) < 4.78 is 6.64. The summed E-state index contributed by atoms with van der Waals surface area (Å²) in [6.07, 6.45) is 3.12. The quantitative estimate of drug-likeness (QED) is 0.689. The summed E-state index contributed by atoms with van der Waals surface area (Å²) in [5.74, 6) is 0. The molecule has 0 unspecified atom stereocenters. The summed E-state index contributed by atoms with van der Waals surface area (Å²) in [4.78, 5) is 19.0. The molecule has 3 aromatic rings. The highest BCUT2D eigenvalue weighted by Crippen LogP contribution is 2.16. The molecular formula is C19H18N4O2. The van der Waals surface area contributed by atoms with E-state index in [1.165, 1.54) is 16.7 Å². The smallest absolute Gasteiger partial charge is 0.281 e. The van der Waals surface area contributed by atoms with Crippen LogP contribution in [-0.4, -0.2) is 42.2 Å². The lowest BCUT2D eigenvalue weighted by Gasteiger charge is -2.28. The molecule has 2 aromatic carbocycles. The first-order valence-corrected chi connectivity index (χ1v) is 8.25. The van der Waals surface area contributed by atoms with Gasteiger partial charge in [0, 0.05) is 18.8 Å². The van der Waals surface area contributed by atoms with Crippen molar-refractivity contribution in [1.29, 1.82) is 0 Å². The van der Waals surface area contributed by atoms with Gasteiger partial charge in [-0.05, 0) is 29.8 Å². The molecule has 1 aliphatic heterocycles. The van der Waals surface area contributed by atoms with Crippen LogP contribution in [0.25, 0.3) is 10.9 Å². The monoisotopic (exact) mass is 334 g/mol. The van der Waals surface area contributed by atoms with Crippen LogP contribution in [0.5, 0.6) is 0 Å². The normalized spacial score (nSPS) is 15.1. The second-order valence-corrected chi connectivity index (χ2v) is 5.85. The van der Waals surface area contributed by atoms with Gasteiger partial charge in [-0.3, -0.25) is 4.79 Å². The van der Waals surface area contributed by atoms with E-state index >= 15 is 0 Å². The summed E-state index contributed by atoms with van der Waals surface area (Å²) in [7, 11) is 0. The van der Waals surface area contributed by atoms with Crippen molar-refractivity contribution in [3.63, 3.8) is 0 Å². The van der Waals surface area contributed by atoms with E-state index in [1.54, 1.807) is 12.3 Å². The molecule has 4 rings (SSSR count). The maximum absolute atomic E-state index is 12.4. The fourth-order valence-electron chi connectivity index (χ4n) is 2.86. The Morgan fingerprint density at radius 2 is 1.80 bits per heavy atom. The molecule has 2 heterocycles. The van der Waals surface area contributed by atoms with Gasteiger partial charge in [0.05, 0.1) is 30.3 Å². The molecule has 0 N–H and O–H groups in total. The van der Waals surface area contributed by atoms with Crippen LogP contribution in [0.15, 0.2) is 64.8 Å². The number of rotatable bonds is 3. The van der Waals surface area contributed by atoms with Crippen molar-refractivity contribution in [3.05, 3.63) is 70.8 Å². The first kappa shape index (κ1) is 15.5. The zero-order valence-electron chi connectivity index (χ0n) is 13.7. The third-order valence-electron chi connectivity index (χ3n) is 4.25. The van der Waals surface area contributed by atoms with Gasteiger partial charge in [-0.2, -0.15) is 9.78 Å². The number of morpholine rings is 1. The van der Waals surface area contributed by atoms with Crippen LogP contribution in [-0.2, 0) is 4.74 Å². The van der Waals surface area contributed by atoms with Gasteiger partial charge in [-0.25, -0.2) is 4.98 Å². The summed E-state index contributed by atoms with van der Waals surface area (Å²) in [6.45, 7) is 3.35. The number of para-hydroxylation sites is 1. The number of fused-ring (bicyclic) bond motifs is 1. The van der Waals surface area contributed by atoms with E-state index in [-0.39, 0.29) is 5.56 Å². The summed E-state index contributed by atoms with van der Waals surface area (Å²) in [6, 6.07) is 15.4. The molecule has 1 fully saturated rings. The zero-order valence-corrected chi connectivity index (χ0v) is 13.7. The Morgan fingerprint density at radius 1 is 1.04 bits per heavy atom. The van der Waals surface area contributed by atoms with E-state index in [2.05, 4.69) is 27.1 Å². The summed E-state index contributed by atoms with van der Waals surface area (Å²) in [5, 5.41) is 4.81. The number of nitrogens with zero attached hydrogens (tertiary/aromatic N) is 4. The Balaban J connectivity index is 1.55. The average molecular weight is 334 g/mol. The predicted molar refractivity (Wildman–Crippen MR) is 98.5 cm³/mol. The molecule has 1 aromatic heterocycles. The first-order valence-electron chi connectivity index (χ1n) is 8.25. The molecule has 1 aliphatic rings. The third-order valence-corrected chi connectivity index (χ3v) is 4.25. The van der Waals surface area contributed by atoms with Crippen LogP contribution in [0, 0.1) is 0 Å². The lowest BCUT2D eigenvalue weighted by Crippen LogP contribution is -2.36. The molecule has 0 radical (unpaired) electrons. The topological polar surface area (TPSA) is 59.7 Å². The van der Waals surface area contributed by atoms with E-state index < -0.39 is 0 Å². The summed E-state index contributed by atoms with van der Waals surface area (Å²) in [5.41, 5.74) is 2.60. The fraction of sp³-hybridized carbons (Fsp3) is 0.211. The molecule has 0 saturated carbocycles. The van der Waals surface area contributed by atoms with E-state index in [4.69, 9.17) is 4.74 Å². The third kappa shape index (κ3) is 3.29. The fourth-order valence-corrected chi connectivity index (χ4v) is 2.86. The number of hydrogen-bond acceptors (Lipinski definition) is 5. The van der Waals surface area contributed by atoms with Gasteiger partial charge >= 0.3 is 0 Å². The van der Waals surface area contributed by atoms with E-state index in [1.807, 2.05) is 30.3 Å². The molecular weight excluding hydrogens is 316 g/mol. The Hall–Kier alpha value is -2.99. The molecule has 0 amide bonds. The Morgan fingerprint density at radius 3 is 2.60 bits per heavy atom. The zero-order chi connectivity index (χ0) is 17.1. The van der Waals surface area contributed by atoms with Crippen molar-refractivity contribution >= 4 is 22.8 Å². The van der Waals surface area contributed by atoms with E-state index in [9.17, 15) is 4.79 Å². The lowest BCUT2D eigenvalue weighted by atomic mass is 10.2. The van der Waals surface area contributed by atoms with E-state index in [0.29, 0.717) is 10.9 Å². The minimum atomic E-state index is -0.174. The number of benzene rings is 2. The molecule has 6 heteroatoms. The number of ether oxygens (including phenoxy) is 1. The molecule has 0 bridgehead atoms. The highest BCUT2D eigenvalue weighted by Gasteiger charge is 2.10. The largest absolute Gasteiger partial charge is 0.378 e. The SMILES string of the molecule is O=c1c2ccccc2ncn1/N=C/c1ccc(N2CCOCC2)cc1. The van der Waals surface area contributed by atoms with Gasteiger partial charge < -0.3 is 9.64 Å². The van der Waals surface area contributed by atoms with Crippen LogP contribution < -0.4 is 10.5 Å². The molecule has 6 nitrogen and oxygen atoms in total. The van der Waals surface area contributed by atoms with Gasteiger partial charge in [0.15, 0.2) is 0 Å². The minimum absolute atomic E-state index is 0.174. The number of aromatic nitrogens is 2. The first-order chi connectivity index (χ1) is 12.3. The van der Waals surface area contributed by atoms with Crippen molar-refractivity contribution in [3.8, 4) is 0 Å². The Bertz CT molecular complexity index is 957. The van der Waals surface area contributed by atoms with Crippen molar-refractivity contribution in [2.45, 2.75) is 0 Å². The second kappa shape index (κ2) is 6.86. The van der Waals surface area contributed by atoms with Crippen LogP contribution >= 0.6 is 0 Å². The van der Waals surface area contributed by atoms with Crippen LogP contribution in [0.3, 0.4) is 0 Å². The van der Waals surface area contributed by atoms with Gasteiger partial charge in [0.25, 0.3) is 5.56 Å². The molecule has 1 saturated heterocycles. The Labute approximate surface area is 145 Å². The van der Waals surface area contributed by atoms with Crippen LogP contribution in [0.4, 0.5) is 5.69 Å². The predicted octanol–water partition coefficient (Wildman–Crippen LogP) is 2.12. The van der Waals surface area contributed by atoms with Gasteiger partial charge in [-0.1, -0.05) is 24.3 Å². The lowest BCUT2D eigenvalue weighted by molar-refractivity contribution is 0.122. The molecule has 126 valence electrons. The molecule has 0 atom stereocenters. The maximum atomic E-state index is 12.4. The number of anilines is 1. The van der Waals surface area contributed by atoms with Crippen LogP contribution in [0.2, 0.25) is 0 Å². The highest BCUT2D eigenvalue weighted by atomic mass is 16.5. The average Bonchev–Trinajstić information content (AvgIpc) is 2.69.